The lowest BCUT2D eigenvalue weighted by molar-refractivity contribution is 0.237. The molecular formula is C18H16N2O. The summed E-state index contributed by atoms with van der Waals surface area (Å²) in [5, 5.41) is 4.27. The van der Waals surface area contributed by atoms with Crippen molar-refractivity contribution in [2.24, 2.45) is 11.1 Å². The Hall–Kier alpha value is -2.55. The van der Waals surface area contributed by atoms with E-state index in [0.29, 0.717) is 0 Å². The smallest absolute Gasteiger partial charge is 0.161 e. The Morgan fingerprint density at radius 1 is 1.00 bits per heavy atom. The summed E-state index contributed by atoms with van der Waals surface area (Å²) in [6.45, 7) is 0.908. The summed E-state index contributed by atoms with van der Waals surface area (Å²) in [7, 11) is 0. The fraction of sp³-hybridized carbons (Fsp3) is 0.167. The van der Waals surface area contributed by atoms with Crippen LogP contribution in [0.4, 0.5) is 5.69 Å². The molecule has 0 fully saturated rings. The van der Waals surface area contributed by atoms with Crippen LogP contribution < -0.4 is 4.90 Å². The van der Waals surface area contributed by atoms with E-state index in [-0.39, 0.29) is 5.92 Å². The lowest BCUT2D eigenvalue weighted by Crippen LogP contribution is -2.23. The molecule has 0 aromatic heterocycles. The molecule has 0 saturated heterocycles. The Morgan fingerprint density at radius 3 is 2.48 bits per heavy atom. The minimum atomic E-state index is 0.283. The summed E-state index contributed by atoms with van der Waals surface area (Å²) < 4.78 is 0. The summed E-state index contributed by atoms with van der Waals surface area (Å²) in [6.07, 6.45) is 2.92. The van der Waals surface area contributed by atoms with Crippen LogP contribution in [-0.2, 0) is 11.3 Å². The maximum atomic E-state index is 5.52. The third-order valence-corrected chi connectivity index (χ3v) is 3.99. The summed E-state index contributed by atoms with van der Waals surface area (Å²) in [5.41, 5.74) is 3.59. The molecular weight excluding hydrogens is 260 g/mol. The van der Waals surface area contributed by atoms with Crippen molar-refractivity contribution in [2.45, 2.75) is 6.42 Å². The molecule has 0 bridgehead atoms. The highest BCUT2D eigenvalue weighted by Crippen LogP contribution is 2.33. The zero-order valence-electron chi connectivity index (χ0n) is 11.6. The van der Waals surface area contributed by atoms with Crippen LogP contribution in [0, 0.1) is 5.92 Å². The number of benzene rings is 2. The topological polar surface area (TPSA) is 24.8 Å². The van der Waals surface area contributed by atoms with Crippen molar-refractivity contribution in [1.82, 2.24) is 0 Å². The summed E-state index contributed by atoms with van der Waals surface area (Å²) in [6, 6.07) is 20.8. The number of hydrogen-bond acceptors (Lipinski definition) is 3. The Morgan fingerprint density at radius 2 is 1.71 bits per heavy atom. The van der Waals surface area contributed by atoms with Crippen molar-refractivity contribution in [3.8, 4) is 0 Å². The molecule has 0 radical (unpaired) electrons. The van der Waals surface area contributed by atoms with Gasteiger partial charge in [0.1, 0.15) is 0 Å². The largest absolute Gasteiger partial charge is 0.359 e. The van der Waals surface area contributed by atoms with Gasteiger partial charge >= 0.3 is 0 Å². The molecule has 0 amide bonds. The van der Waals surface area contributed by atoms with Crippen LogP contribution in [-0.4, -0.2) is 12.3 Å². The minimum absolute atomic E-state index is 0.283. The first-order valence-electron chi connectivity index (χ1n) is 7.21. The van der Waals surface area contributed by atoms with E-state index in [1.807, 2.05) is 12.1 Å². The van der Waals surface area contributed by atoms with Crippen molar-refractivity contribution in [3.63, 3.8) is 0 Å². The van der Waals surface area contributed by atoms with E-state index in [1.165, 1.54) is 11.3 Å². The van der Waals surface area contributed by atoms with Crippen LogP contribution in [0.25, 0.3) is 0 Å². The van der Waals surface area contributed by atoms with E-state index in [9.17, 15) is 0 Å². The molecule has 2 aromatic carbocycles. The number of para-hydroxylation sites is 1. The molecule has 2 aliphatic heterocycles. The van der Waals surface area contributed by atoms with E-state index in [4.69, 9.17) is 4.84 Å². The predicted molar refractivity (Wildman–Crippen MR) is 84.0 cm³/mol. The van der Waals surface area contributed by atoms with Gasteiger partial charge in [0.2, 0.25) is 0 Å². The standard InChI is InChI=1S/C18H16N2O/c1-3-7-14(8-4-1)11-17-16-12-20(13-18(16)21-19-17)15-9-5-2-6-10-15/h1-10,13,16H,11-12H2. The highest BCUT2D eigenvalue weighted by molar-refractivity contribution is 5.93. The molecule has 4 rings (SSSR count). The second-order valence-corrected chi connectivity index (χ2v) is 5.41. The number of anilines is 1. The predicted octanol–water partition coefficient (Wildman–Crippen LogP) is 3.59. The molecule has 0 aliphatic carbocycles. The van der Waals surface area contributed by atoms with Crippen LogP contribution in [0.1, 0.15) is 5.56 Å². The molecule has 0 saturated carbocycles. The van der Waals surface area contributed by atoms with E-state index < -0.39 is 0 Å². The van der Waals surface area contributed by atoms with Gasteiger partial charge in [0, 0.05) is 24.9 Å². The second kappa shape index (κ2) is 5.09. The summed E-state index contributed by atoms with van der Waals surface area (Å²) in [5.74, 6) is 1.25. The summed E-state index contributed by atoms with van der Waals surface area (Å²) >= 11 is 0. The second-order valence-electron chi connectivity index (χ2n) is 5.41. The van der Waals surface area contributed by atoms with Gasteiger partial charge in [-0.3, -0.25) is 0 Å². The van der Waals surface area contributed by atoms with Crippen LogP contribution >= 0.6 is 0 Å². The zero-order valence-corrected chi connectivity index (χ0v) is 11.6. The molecule has 104 valence electrons. The fourth-order valence-corrected chi connectivity index (χ4v) is 2.87. The molecule has 1 unspecified atom stereocenters. The van der Waals surface area contributed by atoms with Crippen molar-refractivity contribution in [1.29, 1.82) is 0 Å². The van der Waals surface area contributed by atoms with Crippen molar-refractivity contribution in [3.05, 3.63) is 78.2 Å². The van der Waals surface area contributed by atoms with Crippen molar-refractivity contribution in [2.75, 3.05) is 11.4 Å². The Labute approximate surface area is 124 Å². The van der Waals surface area contributed by atoms with Gasteiger partial charge in [-0.15, -0.1) is 0 Å². The summed E-state index contributed by atoms with van der Waals surface area (Å²) in [4.78, 5) is 7.76. The minimum Gasteiger partial charge on any atom is -0.359 e. The molecule has 3 nitrogen and oxygen atoms in total. The lowest BCUT2D eigenvalue weighted by Gasteiger charge is -2.17. The number of nitrogens with zero attached hydrogens (tertiary/aromatic N) is 2. The van der Waals surface area contributed by atoms with Gasteiger partial charge in [0.15, 0.2) is 5.76 Å². The third kappa shape index (κ3) is 2.31. The molecule has 2 heterocycles. The normalized spacial score (nSPS) is 19.8. The van der Waals surface area contributed by atoms with Gasteiger partial charge in [0.05, 0.1) is 11.6 Å². The molecule has 0 spiro atoms. The zero-order chi connectivity index (χ0) is 14.1. The van der Waals surface area contributed by atoms with Crippen LogP contribution in [0.5, 0.6) is 0 Å². The van der Waals surface area contributed by atoms with Gasteiger partial charge in [-0.25, -0.2) is 0 Å². The van der Waals surface area contributed by atoms with Gasteiger partial charge in [-0.1, -0.05) is 53.7 Å². The quantitative estimate of drug-likeness (QED) is 0.855. The fourth-order valence-electron chi connectivity index (χ4n) is 2.87. The molecule has 2 aromatic rings. The number of hydrogen-bond donors (Lipinski definition) is 0. The van der Waals surface area contributed by atoms with Crippen LogP contribution in [0.2, 0.25) is 0 Å². The van der Waals surface area contributed by atoms with Gasteiger partial charge in [-0.2, -0.15) is 0 Å². The first-order chi connectivity index (χ1) is 10.4. The maximum Gasteiger partial charge on any atom is 0.161 e. The first kappa shape index (κ1) is 12.2. The number of fused-ring (bicyclic) bond motifs is 1. The van der Waals surface area contributed by atoms with E-state index in [2.05, 4.69) is 64.8 Å². The SMILES string of the molecule is C1=C2ON=C(Cc3ccccc3)C2CN1c1ccccc1. The van der Waals surface area contributed by atoms with Gasteiger partial charge in [-0.05, 0) is 17.7 Å². The van der Waals surface area contributed by atoms with E-state index >= 15 is 0 Å². The van der Waals surface area contributed by atoms with Crippen molar-refractivity contribution >= 4 is 11.4 Å². The van der Waals surface area contributed by atoms with E-state index in [1.54, 1.807) is 0 Å². The average Bonchev–Trinajstić information content (AvgIpc) is 3.11. The number of oxime groups is 1. The highest BCUT2D eigenvalue weighted by atomic mass is 16.6. The van der Waals surface area contributed by atoms with Gasteiger partial charge < -0.3 is 9.74 Å². The number of rotatable bonds is 3. The van der Waals surface area contributed by atoms with Crippen molar-refractivity contribution < 1.29 is 4.84 Å². The molecule has 21 heavy (non-hydrogen) atoms. The lowest BCUT2D eigenvalue weighted by atomic mass is 9.97. The molecule has 0 N–H and O–H groups in total. The van der Waals surface area contributed by atoms with E-state index in [0.717, 1.165) is 24.4 Å². The first-order valence-corrected chi connectivity index (χ1v) is 7.21. The highest BCUT2D eigenvalue weighted by Gasteiger charge is 2.35. The molecule has 2 aliphatic rings. The Balaban J connectivity index is 1.51. The third-order valence-electron chi connectivity index (χ3n) is 3.99. The van der Waals surface area contributed by atoms with Crippen LogP contribution in [0.3, 0.4) is 0 Å². The van der Waals surface area contributed by atoms with Gasteiger partial charge in [0.25, 0.3) is 0 Å². The molecule has 1 atom stereocenters. The monoisotopic (exact) mass is 276 g/mol. The average molecular weight is 276 g/mol. The molecule has 3 heteroatoms. The van der Waals surface area contributed by atoms with Crippen LogP contribution in [0.15, 0.2) is 77.8 Å². The Kier molecular flexibility index (Phi) is 2.96. The Bertz CT molecular complexity index is 692. The maximum absolute atomic E-state index is 5.52.